The van der Waals surface area contributed by atoms with E-state index in [4.69, 9.17) is 19.4 Å². The van der Waals surface area contributed by atoms with E-state index in [1.54, 1.807) is 0 Å². The predicted molar refractivity (Wildman–Crippen MR) is 256 cm³/mol. The molecule has 0 atom stereocenters. The zero-order chi connectivity index (χ0) is 40.7. The Kier molecular flexibility index (Phi) is 7.54. The van der Waals surface area contributed by atoms with Gasteiger partial charge in [-0.15, -0.1) is 0 Å². The lowest BCUT2D eigenvalue weighted by atomic mass is 10.00. The minimum Gasteiger partial charge on any atom is -0.456 e. The molecule has 5 heteroatoms. The molecule has 0 bridgehead atoms. The minimum absolute atomic E-state index is 0.559. The van der Waals surface area contributed by atoms with Gasteiger partial charge in [-0.1, -0.05) is 158 Å². The van der Waals surface area contributed by atoms with Crippen LogP contribution in [0.5, 0.6) is 0 Å². The van der Waals surface area contributed by atoms with Crippen molar-refractivity contribution in [2.45, 2.75) is 0 Å². The lowest BCUT2D eigenvalue weighted by Gasteiger charge is -2.14. The van der Waals surface area contributed by atoms with Gasteiger partial charge in [0, 0.05) is 32.8 Å². The SMILES string of the molecule is c1ccc(-c2cccc(-c3nc(-c4ccc5c(ccc6ccccc65)c4)nc(-c4cc(-n5c6ccccc6c6cc7ccccc7cc65)c5c(c4)oc4ccccc45)n3)c2)cc1. The van der Waals surface area contributed by atoms with Crippen molar-refractivity contribution >= 4 is 76.1 Å². The average Bonchev–Trinajstić information content (AvgIpc) is 3.88. The Morgan fingerprint density at radius 3 is 1.76 bits per heavy atom. The summed E-state index contributed by atoms with van der Waals surface area (Å²) >= 11 is 0. The van der Waals surface area contributed by atoms with Gasteiger partial charge < -0.3 is 8.98 Å². The molecule has 0 fully saturated rings. The van der Waals surface area contributed by atoms with E-state index in [0.717, 1.165) is 71.9 Å². The highest BCUT2D eigenvalue weighted by molar-refractivity contribution is 6.17. The summed E-state index contributed by atoms with van der Waals surface area (Å²) < 4.78 is 9.13. The summed E-state index contributed by atoms with van der Waals surface area (Å²) in [5.74, 6) is 1.75. The Bertz CT molecular complexity index is 3940. The highest BCUT2D eigenvalue weighted by atomic mass is 16.3. The van der Waals surface area contributed by atoms with E-state index in [9.17, 15) is 0 Å². The molecule has 3 aromatic heterocycles. The van der Waals surface area contributed by atoms with Crippen LogP contribution >= 0.6 is 0 Å². The van der Waals surface area contributed by atoms with Crippen LogP contribution in [0.15, 0.2) is 211 Å². The molecule has 3 heterocycles. The van der Waals surface area contributed by atoms with Gasteiger partial charge in [-0.3, -0.25) is 0 Å². The number of para-hydroxylation sites is 2. The van der Waals surface area contributed by atoms with Crippen molar-refractivity contribution < 1.29 is 4.42 Å². The molecule has 13 rings (SSSR count). The molecule has 0 spiro atoms. The zero-order valence-electron chi connectivity index (χ0n) is 33.3. The van der Waals surface area contributed by atoms with Crippen LogP contribution in [0, 0.1) is 0 Å². The Morgan fingerprint density at radius 2 is 0.919 bits per heavy atom. The van der Waals surface area contributed by atoms with Gasteiger partial charge in [0.15, 0.2) is 17.5 Å². The predicted octanol–water partition coefficient (Wildman–Crippen LogP) is 15.0. The van der Waals surface area contributed by atoms with Gasteiger partial charge >= 0.3 is 0 Å². The molecular formula is C57H34N4O. The van der Waals surface area contributed by atoms with Crippen molar-refractivity contribution in [3.8, 4) is 51.0 Å². The first-order valence-electron chi connectivity index (χ1n) is 20.9. The number of fused-ring (bicyclic) bond motifs is 10. The molecule has 288 valence electrons. The number of aromatic nitrogens is 4. The largest absolute Gasteiger partial charge is 0.456 e. The van der Waals surface area contributed by atoms with Gasteiger partial charge in [-0.05, 0) is 92.0 Å². The van der Waals surface area contributed by atoms with Crippen molar-refractivity contribution in [2.75, 3.05) is 0 Å². The van der Waals surface area contributed by atoms with Crippen molar-refractivity contribution in [1.82, 2.24) is 19.5 Å². The fraction of sp³-hybridized carbons (Fsp3) is 0. The van der Waals surface area contributed by atoms with Gasteiger partial charge in [0.05, 0.1) is 22.1 Å². The van der Waals surface area contributed by atoms with Gasteiger partial charge in [-0.25, -0.2) is 15.0 Å². The molecule has 10 aromatic carbocycles. The second-order valence-corrected chi connectivity index (χ2v) is 16.0. The van der Waals surface area contributed by atoms with Gasteiger partial charge in [0.1, 0.15) is 11.2 Å². The van der Waals surface area contributed by atoms with Gasteiger partial charge in [0.2, 0.25) is 0 Å². The van der Waals surface area contributed by atoms with E-state index < -0.39 is 0 Å². The zero-order valence-corrected chi connectivity index (χ0v) is 33.3. The van der Waals surface area contributed by atoms with E-state index in [1.165, 1.54) is 37.7 Å². The first kappa shape index (κ1) is 34.5. The molecule has 13 aromatic rings. The summed E-state index contributed by atoms with van der Waals surface area (Å²) in [6.07, 6.45) is 0. The third-order valence-corrected chi connectivity index (χ3v) is 12.4. The van der Waals surface area contributed by atoms with E-state index in [-0.39, 0.29) is 0 Å². The second kappa shape index (κ2) is 13.6. The molecule has 0 N–H and O–H groups in total. The molecule has 0 aliphatic heterocycles. The van der Waals surface area contributed by atoms with Gasteiger partial charge in [-0.2, -0.15) is 0 Å². The van der Waals surface area contributed by atoms with Crippen molar-refractivity contribution in [3.05, 3.63) is 206 Å². The summed E-state index contributed by atoms with van der Waals surface area (Å²) in [5.41, 5.74) is 9.68. The standard InChI is InChI=1S/C57H34N4O/c1-2-13-35(14-3-1)37-18-12-19-41(29-37)55-58-56(42-27-28-45-40(30-42)26-25-36-15-6-7-20-44(36)45)60-57(59-55)43-33-51(54-47-22-9-11-24-52(47)62-53(54)34-43)61-49-23-10-8-21-46(49)48-31-38-16-4-5-17-39(38)32-50(48)61/h1-34H. The second-order valence-electron chi connectivity index (χ2n) is 16.0. The molecule has 5 nitrogen and oxygen atoms in total. The molecule has 0 amide bonds. The van der Waals surface area contributed by atoms with Crippen LogP contribution in [0.3, 0.4) is 0 Å². The van der Waals surface area contributed by atoms with Crippen molar-refractivity contribution in [1.29, 1.82) is 0 Å². The molecule has 0 saturated carbocycles. The monoisotopic (exact) mass is 790 g/mol. The van der Waals surface area contributed by atoms with E-state index in [1.807, 2.05) is 18.2 Å². The third kappa shape index (κ3) is 5.45. The third-order valence-electron chi connectivity index (χ3n) is 12.4. The van der Waals surface area contributed by atoms with E-state index in [0.29, 0.717) is 17.5 Å². The lowest BCUT2D eigenvalue weighted by molar-refractivity contribution is 0.669. The highest BCUT2D eigenvalue weighted by Gasteiger charge is 2.22. The first-order valence-corrected chi connectivity index (χ1v) is 20.9. The van der Waals surface area contributed by atoms with Crippen LogP contribution in [0.25, 0.3) is 127 Å². The molecule has 0 aliphatic rings. The van der Waals surface area contributed by atoms with Crippen molar-refractivity contribution in [3.63, 3.8) is 0 Å². The van der Waals surface area contributed by atoms with Gasteiger partial charge in [0.25, 0.3) is 0 Å². The van der Waals surface area contributed by atoms with Crippen LogP contribution in [0.1, 0.15) is 0 Å². The molecule has 0 saturated heterocycles. The normalized spacial score (nSPS) is 11.9. The van der Waals surface area contributed by atoms with E-state index >= 15 is 0 Å². The summed E-state index contributed by atoms with van der Waals surface area (Å²) in [7, 11) is 0. The quantitative estimate of drug-likeness (QED) is 0.163. The number of rotatable bonds is 5. The maximum atomic E-state index is 6.74. The molecule has 0 unspecified atom stereocenters. The maximum Gasteiger partial charge on any atom is 0.164 e. The Labute approximate surface area is 355 Å². The topological polar surface area (TPSA) is 56.7 Å². The lowest BCUT2D eigenvalue weighted by Crippen LogP contribution is -2.02. The Morgan fingerprint density at radius 1 is 0.306 bits per heavy atom. The summed E-state index contributed by atoms with van der Waals surface area (Å²) in [5, 5.41) is 11.6. The summed E-state index contributed by atoms with van der Waals surface area (Å²) in [4.78, 5) is 15.9. The Balaban J connectivity index is 1.09. The number of nitrogens with zero attached hydrogens (tertiary/aromatic N) is 4. The fourth-order valence-corrected chi connectivity index (χ4v) is 9.44. The first-order chi connectivity index (χ1) is 30.7. The maximum absolute atomic E-state index is 6.74. The average molecular weight is 791 g/mol. The van der Waals surface area contributed by atoms with Crippen molar-refractivity contribution in [2.24, 2.45) is 0 Å². The Hall–Kier alpha value is -8.41. The number of furan rings is 1. The minimum atomic E-state index is 0.559. The molecule has 62 heavy (non-hydrogen) atoms. The number of hydrogen-bond acceptors (Lipinski definition) is 4. The molecule has 0 radical (unpaired) electrons. The molecule has 0 aliphatic carbocycles. The van der Waals surface area contributed by atoms with Crippen LogP contribution in [-0.4, -0.2) is 19.5 Å². The summed E-state index contributed by atoms with van der Waals surface area (Å²) in [6.45, 7) is 0. The number of hydrogen-bond donors (Lipinski definition) is 0. The van der Waals surface area contributed by atoms with Crippen LogP contribution in [0.2, 0.25) is 0 Å². The fourth-order valence-electron chi connectivity index (χ4n) is 9.44. The highest BCUT2D eigenvalue weighted by Crippen LogP contribution is 2.42. The molecular weight excluding hydrogens is 757 g/mol. The van der Waals surface area contributed by atoms with Crippen LogP contribution < -0.4 is 0 Å². The number of benzene rings is 10. The summed E-state index contributed by atoms with van der Waals surface area (Å²) in [6, 6.07) is 72.8. The smallest absolute Gasteiger partial charge is 0.164 e. The van der Waals surface area contributed by atoms with E-state index in [2.05, 4.69) is 193 Å². The van der Waals surface area contributed by atoms with Crippen LogP contribution in [-0.2, 0) is 0 Å². The van der Waals surface area contributed by atoms with Crippen LogP contribution in [0.4, 0.5) is 0 Å².